The highest BCUT2D eigenvalue weighted by Gasteiger charge is 2.10. The van der Waals surface area contributed by atoms with Gasteiger partial charge in [0.15, 0.2) is 5.11 Å². The summed E-state index contributed by atoms with van der Waals surface area (Å²) in [6, 6.07) is 16.2. The third kappa shape index (κ3) is 3.98. The smallest absolute Gasteiger partial charge is 0.254 e. The number of nitrogens with two attached hydrogens (primary N) is 1. The Labute approximate surface area is 154 Å². The van der Waals surface area contributed by atoms with Gasteiger partial charge < -0.3 is 20.2 Å². The van der Waals surface area contributed by atoms with Crippen LogP contribution in [0.3, 0.4) is 0 Å². The van der Waals surface area contributed by atoms with E-state index in [9.17, 15) is 4.79 Å². The van der Waals surface area contributed by atoms with Crippen LogP contribution in [0.25, 0.3) is 11.0 Å². The topological polar surface area (TPSA) is 102 Å². The number of fused-ring (bicyclic) bond motifs is 1. The number of carbonyl (C=O) groups is 1. The van der Waals surface area contributed by atoms with Gasteiger partial charge in [-0.05, 0) is 48.6 Å². The van der Waals surface area contributed by atoms with Crippen LogP contribution in [0.2, 0.25) is 0 Å². The minimum Gasteiger partial charge on any atom is -0.497 e. The molecule has 0 bridgehead atoms. The Morgan fingerprint density at radius 3 is 2.65 bits per heavy atom. The van der Waals surface area contributed by atoms with Gasteiger partial charge in [0.05, 0.1) is 7.11 Å². The van der Waals surface area contributed by atoms with Crippen molar-refractivity contribution in [3.05, 3.63) is 65.7 Å². The molecule has 132 valence electrons. The Bertz CT molecular complexity index is 1030. The fourth-order valence-corrected chi connectivity index (χ4v) is 2.44. The highest BCUT2D eigenvalue weighted by molar-refractivity contribution is 7.80. The molecule has 0 spiro atoms. The molecule has 0 saturated carbocycles. The lowest BCUT2D eigenvalue weighted by Crippen LogP contribution is -2.29. The molecule has 0 radical (unpaired) electrons. The summed E-state index contributed by atoms with van der Waals surface area (Å²) in [5, 5.41) is 7.94. The first kappa shape index (κ1) is 17.4. The molecule has 4 N–H and O–H groups in total. The third-order valence-corrected chi connectivity index (χ3v) is 3.70. The molecule has 0 unspecified atom stereocenters. The van der Waals surface area contributed by atoms with Crippen LogP contribution < -0.4 is 26.8 Å². The fraction of sp³-hybridized carbons (Fsp3) is 0.0556. The van der Waals surface area contributed by atoms with Gasteiger partial charge in [-0.1, -0.05) is 18.2 Å². The van der Waals surface area contributed by atoms with E-state index >= 15 is 0 Å². The molecule has 1 amide bonds. The number of ether oxygens (including phenoxy) is 1. The van der Waals surface area contributed by atoms with Gasteiger partial charge in [0.1, 0.15) is 16.9 Å². The minimum absolute atomic E-state index is 0.0346. The van der Waals surface area contributed by atoms with Crippen molar-refractivity contribution in [3.63, 3.8) is 0 Å². The van der Waals surface area contributed by atoms with E-state index in [0.29, 0.717) is 16.7 Å². The van der Waals surface area contributed by atoms with Gasteiger partial charge in [0, 0.05) is 11.1 Å². The number of nitrogens with zero attached hydrogens (tertiary/aromatic N) is 1. The Balaban J connectivity index is 1.92. The monoisotopic (exact) mass is 368 g/mol. The van der Waals surface area contributed by atoms with Gasteiger partial charge in [-0.15, -0.1) is 5.10 Å². The number of rotatable bonds is 4. The number of anilines is 1. The number of carbonyl (C=O) groups excluding carboxylic acids is 1. The molecule has 0 atom stereocenters. The largest absolute Gasteiger partial charge is 0.497 e. The molecule has 8 heteroatoms. The maximum Gasteiger partial charge on any atom is 0.254 e. The Hall–Kier alpha value is -3.39. The first-order valence-corrected chi connectivity index (χ1v) is 8.05. The second-order valence-electron chi connectivity index (χ2n) is 5.28. The molecule has 0 aliphatic heterocycles. The molecule has 0 aliphatic carbocycles. The van der Waals surface area contributed by atoms with Crippen LogP contribution in [0.15, 0.2) is 64.1 Å². The standard InChI is InChI=1S/C18H16N4O3S/c1-24-13-7-8-15-11(9-13)10-14(16(19)23)17(25-15)21-22-18(26)20-12-5-3-2-4-6-12/h2-10H,1H3,(H2,19,23)(H2,20,22,26)/b21-17+. The van der Waals surface area contributed by atoms with Gasteiger partial charge in [0.2, 0.25) is 5.55 Å². The minimum atomic E-state index is -0.666. The van der Waals surface area contributed by atoms with Crippen LogP contribution >= 0.6 is 12.2 Å². The summed E-state index contributed by atoms with van der Waals surface area (Å²) in [5.74, 6) is -0.0277. The molecule has 3 rings (SSSR count). The molecule has 2 aromatic carbocycles. The van der Waals surface area contributed by atoms with Crippen LogP contribution in [0.5, 0.6) is 5.75 Å². The second-order valence-corrected chi connectivity index (χ2v) is 5.69. The SMILES string of the molecule is COc1ccc2o/c(=N/NC(=S)Nc3ccccc3)c(C(N)=O)cc2c1. The van der Waals surface area contributed by atoms with Crippen LogP contribution in [-0.4, -0.2) is 18.1 Å². The van der Waals surface area contributed by atoms with Gasteiger partial charge >= 0.3 is 0 Å². The molecule has 0 fully saturated rings. The number of primary amides is 1. The van der Waals surface area contributed by atoms with Gasteiger partial charge in [-0.3, -0.25) is 4.79 Å². The Morgan fingerprint density at radius 1 is 1.19 bits per heavy atom. The van der Waals surface area contributed by atoms with Crippen molar-refractivity contribution in [1.29, 1.82) is 0 Å². The van der Waals surface area contributed by atoms with E-state index in [4.69, 9.17) is 27.1 Å². The summed E-state index contributed by atoms with van der Waals surface area (Å²) in [6.07, 6.45) is 0. The van der Waals surface area contributed by atoms with Crippen molar-refractivity contribution in [1.82, 2.24) is 5.43 Å². The maximum atomic E-state index is 11.8. The predicted octanol–water partition coefficient (Wildman–Crippen LogP) is 2.34. The predicted molar refractivity (Wildman–Crippen MR) is 103 cm³/mol. The number of para-hydroxylation sites is 1. The Kier molecular flexibility index (Phi) is 5.14. The second kappa shape index (κ2) is 7.66. The summed E-state index contributed by atoms with van der Waals surface area (Å²) < 4.78 is 10.9. The van der Waals surface area contributed by atoms with Crippen LogP contribution in [0.4, 0.5) is 5.69 Å². The normalized spacial score (nSPS) is 11.2. The molecule has 0 saturated heterocycles. The lowest BCUT2D eigenvalue weighted by molar-refractivity contribution is 0.0996. The maximum absolute atomic E-state index is 11.8. The van der Waals surface area contributed by atoms with Crippen molar-refractivity contribution in [2.24, 2.45) is 10.8 Å². The average Bonchev–Trinajstić information content (AvgIpc) is 2.65. The zero-order chi connectivity index (χ0) is 18.5. The van der Waals surface area contributed by atoms with E-state index < -0.39 is 5.91 Å². The highest BCUT2D eigenvalue weighted by atomic mass is 32.1. The average molecular weight is 368 g/mol. The van der Waals surface area contributed by atoms with Crippen LogP contribution in [0, 0.1) is 0 Å². The zero-order valence-electron chi connectivity index (χ0n) is 13.9. The number of hydrogen-bond acceptors (Lipinski definition) is 5. The third-order valence-electron chi connectivity index (χ3n) is 3.51. The van der Waals surface area contributed by atoms with Crippen molar-refractivity contribution in [2.45, 2.75) is 0 Å². The molecule has 7 nitrogen and oxygen atoms in total. The van der Waals surface area contributed by atoms with Crippen molar-refractivity contribution >= 4 is 39.9 Å². The van der Waals surface area contributed by atoms with Crippen LogP contribution in [0.1, 0.15) is 10.4 Å². The van der Waals surface area contributed by atoms with Gasteiger partial charge in [0.25, 0.3) is 5.91 Å². The summed E-state index contributed by atoms with van der Waals surface area (Å²) in [7, 11) is 1.56. The summed E-state index contributed by atoms with van der Waals surface area (Å²) >= 11 is 5.18. The number of thiocarbonyl (C=S) groups is 1. The summed E-state index contributed by atoms with van der Waals surface area (Å²) in [4.78, 5) is 11.8. The first-order valence-electron chi connectivity index (χ1n) is 7.64. The van der Waals surface area contributed by atoms with E-state index in [0.717, 1.165) is 5.69 Å². The molecule has 26 heavy (non-hydrogen) atoms. The number of nitrogens with one attached hydrogen (secondary N) is 2. The van der Waals surface area contributed by atoms with E-state index in [1.165, 1.54) is 0 Å². The molecule has 1 heterocycles. The molecular weight excluding hydrogens is 352 g/mol. The van der Waals surface area contributed by atoms with Crippen molar-refractivity contribution < 1.29 is 13.9 Å². The van der Waals surface area contributed by atoms with E-state index in [1.54, 1.807) is 31.4 Å². The van der Waals surface area contributed by atoms with Crippen molar-refractivity contribution in [3.8, 4) is 5.75 Å². The molecule has 1 aromatic heterocycles. The highest BCUT2D eigenvalue weighted by Crippen LogP contribution is 2.20. The van der Waals surface area contributed by atoms with E-state index in [-0.39, 0.29) is 16.2 Å². The molecule has 3 aromatic rings. The lowest BCUT2D eigenvalue weighted by atomic mass is 10.1. The molecular formula is C18H16N4O3S. The van der Waals surface area contributed by atoms with Crippen LogP contribution in [-0.2, 0) is 0 Å². The van der Waals surface area contributed by atoms with Gasteiger partial charge in [-0.2, -0.15) is 0 Å². The summed E-state index contributed by atoms with van der Waals surface area (Å²) in [5.41, 5.74) is 9.58. The van der Waals surface area contributed by atoms with E-state index in [1.807, 2.05) is 30.3 Å². The number of methoxy groups -OCH3 is 1. The summed E-state index contributed by atoms with van der Waals surface area (Å²) in [6.45, 7) is 0. The first-order chi connectivity index (χ1) is 12.6. The van der Waals surface area contributed by atoms with Gasteiger partial charge in [-0.25, -0.2) is 5.43 Å². The van der Waals surface area contributed by atoms with Crippen molar-refractivity contribution in [2.75, 3.05) is 12.4 Å². The quantitative estimate of drug-likeness (QED) is 0.483. The fourth-order valence-electron chi connectivity index (χ4n) is 2.28. The number of benzene rings is 2. The zero-order valence-corrected chi connectivity index (χ0v) is 14.7. The van der Waals surface area contributed by atoms with E-state index in [2.05, 4.69) is 15.8 Å². The number of hydrogen-bond donors (Lipinski definition) is 3. The lowest BCUT2D eigenvalue weighted by Gasteiger charge is -2.07. The Morgan fingerprint density at radius 2 is 1.96 bits per heavy atom. The molecule has 0 aliphatic rings. The number of amides is 1.